The number of hydrogen-bond donors (Lipinski definition) is 1. The van der Waals surface area contributed by atoms with Crippen molar-refractivity contribution in [2.24, 2.45) is 5.92 Å². The lowest BCUT2D eigenvalue weighted by Gasteiger charge is -2.17. The third-order valence-corrected chi connectivity index (χ3v) is 4.19. The average Bonchev–Trinajstić information content (AvgIpc) is 3.20. The minimum Gasteiger partial charge on any atom is -0.341 e. The molecule has 1 aliphatic heterocycles. The molecular formula is C16H21FN2O. The Morgan fingerprint density at radius 1 is 1.25 bits per heavy atom. The molecule has 1 aromatic rings. The first-order chi connectivity index (χ1) is 9.70. The van der Waals surface area contributed by atoms with Crippen molar-refractivity contribution >= 4 is 5.91 Å². The van der Waals surface area contributed by atoms with Crippen LogP contribution in [-0.4, -0.2) is 36.5 Å². The van der Waals surface area contributed by atoms with Gasteiger partial charge in [-0.2, -0.15) is 0 Å². The van der Waals surface area contributed by atoms with Crippen molar-refractivity contribution in [1.29, 1.82) is 0 Å². The number of hydrogen-bond acceptors (Lipinski definition) is 2. The number of nitrogens with one attached hydrogen (secondary N) is 1. The highest BCUT2D eigenvalue weighted by Gasteiger charge is 2.30. The number of likely N-dealkylation sites (tertiary alicyclic amines) is 1. The smallest absolute Gasteiger partial charge is 0.224 e. The highest BCUT2D eigenvalue weighted by Crippen LogP contribution is 2.28. The Labute approximate surface area is 119 Å². The molecule has 3 nitrogen and oxygen atoms in total. The zero-order valence-electron chi connectivity index (χ0n) is 11.6. The Hall–Kier alpha value is -1.42. The Kier molecular flexibility index (Phi) is 4.01. The van der Waals surface area contributed by atoms with E-state index < -0.39 is 0 Å². The monoisotopic (exact) mass is 276 g/mol. The summed E-state index contributed by atoms with van der Waals surface area (Å²) in [6.07, 6.45) is 4.08. The second kappa shape index (κ2) is 5.92. The van der Waals surface area contributed by atoms with E-state index in [4.69, 9.17) is 0 Å². The van der Waals surface area contributed by atoms with Crippen LogP contribution in [0.1, 0.15) is 24.8 Å². The minimum absolute atomic E-state index is 0.213. The van der Waals surface area contributed by atoms with Crippen LogP contribution in [-0.2, 0) is 11.2 Å². The van der Waals surface area contributed by atoms with Gasteiger partial charge in [0, 0.05) is 25.6 Å². The van der Waals surface area contributed by atoms with Gasteiger partial charge >= 0.3 is 0 Å². The van der Waals surface area contributed by atoms with E-state index in [1.807, 2.05) is 4.90 Å². The van der Waals surface area contributed by atoms with Crippen LogP contribution < -0.4 is 5.32 Å². The third-order valence-electron chi connectivity index (χ3n) is 4.19. The lowest BCUT2D eigenvalue weighted by Crippen LogP contribution is -2.34. The van der Waals surface area contributed by atoms with Crippen LogP contribution in [0, 0.1) is 11.7 Å². The van der Waals surface area contributed by atoms with Crippen molar-refractivity contribution in [3.05, 3.63) is 35.6 Å². The van der Waals surface area contributed by atoms with Crippen molar-refractivity contribution in [1.82, 2.24) is 10.2 Å². The molecular weight excluding hydrogens is 255 g/mol. The van der Waals surface area contributed by atoms with Crippen LogP contribution in [0.25, 0.3) is 0 Å². The summed E-state index contributed by atoms with van der Waals surface area (Å²) in [5, 5.41) is 3.50. The van der Waals surface area contributed by atoms with E-state index in [-0.39, 0.29) is 11.7 Å². The zero-order chi connectivity index (χ0) is 13.9. The molecule has 0 radical (unpaired) electrons. The van der Waals surface area contributed by atoms with Gasteiger partial charge in [0.15, 0.2) is 0 Å². The Morgan fingerprint density at radius 3 is 2.70 bits per heavy atom. The predicted octanol–water partition coefficient (Wildman–Crippen LogP) is 1.97. The van der Waals surface area contributed by atoms with E-state index >= 15 is 0 Å². The molecule has 0 aromatic heterocycles. The standard InChI is InChI=1S/C16H21FN2O/c17-14-5-3-12(4-6-14)7-8-19-11-15(9-16(19)20)18-10-13-1-2-13/h3-6,13,15,18H,1-2,7-11H2. The van der Waals surface area contributed by atoms with Gasteiger partial charge in [0.05, 0.1) is 0 Å². The van der Waals surface area contributed by atoms with Gasteiger partial charge in [0.1, 0.15) is 5.82 Å². The number of carbonyl (C=O) groups is 1. The summed E-state index contributed by atoms with van der Waals surface area (Å²) in [6.45, 7) is 2.60. The van der Waals surface area contributed by atoms with Crippen LogP contribution in [0.2, 0.25) is 0 Å². The lowest BCUT2D eigenvalue weighted by molar-refractivity contribution is -0.127. The van der Waals surface area contributed by atoms with Gasteiger partial charge in [-0.3, -0.25) is 4.79 Å². The molecule has 1 aromatic carbocycles. The van der Waals surface area contributed by atoms with E-state index in [1.165, 1.54) is 25.0 Å². The molecule has 3 rings (SSSR count). The van der Waals surface area contributed by atoms with Crippen molar-refractivity contribution in [2.45, 2.75) is 31.7 Å². The Morgan fingerprint density at radius 2 is 2.00 bits per heavy atom. The first-order valence-corrected chi connectivity index (χ1v) is 7.46. The van der Waals surface area contributed by atoms with Crippen molar-refractivity contribution in [3.63, 3.8) is 0 Å². The second-order valence-corrected chi connectivity index (χ2v) is 5.97. The number of amides is 1. The Balaban J connectivity index is 1.44. The molecule has 0 spiro atoms. The minimum atomic E-state index is -0.213. The van der Waals surface area contributed by atoms with Crippen molar-refractivity contribution < 1.29 is 9.18 Å². The average molecular weight is 276 g/mol. The topological polar surface area (TPSA) is 32.3 Å². The van der Waals surface area contributed by atoms with Crippen molar-refractivity contribution in [2.75, 3.05) is 19.6 Å². The summed E-state index contributed by atoms with van der Waals surface area (Å²) >= 11 is 0. The van der Waals surface area contributed by atoms with Crippen LogP contribution >= 0.6 is 0 Å². The van der Waals surface area contributed by atoms with E-state index in [0.717, 1.165) is 37.5 Å². The van der Waals surface area contributed by atoms with Crippen LogP contribution in [0.4, 0.5) is 4.39 Å². The molecule has 1 saturated carbocycles. The van der Waals surface area contributed by atoms with Crippen LogP contribution in [0.5, 0.6) is 0 Å². The van der Waals surface area contributed by atoms with Gasteiger partial charge in [-0.25, -0.2) is 4.39 Å². The van der Waals surface area contributed by atoms with E-state index in [2.05, 4.69) is 5.32 Å². The summed E-state index contributed by atoms with van der Waals surface area (Å²) in [6, 6.07) is 6.84. The van der Waals surface area contributed by atoms with E-state index in [1.54, 1.807) is 12.1 Å². The zero-order valence-corrected chi connectivity index (χ0v) is 11.6. The Bertz CT molecular complexity index is 470. The number of carbonyl (C=O) groups excluding carboxylic acids is 1. The molecule has 1 unspecified atom stereocenters. The highest BCUT2D eigenvalue weighted by atomic mass is 19.1. The van der Waals surface area contributed by atoms with Gasteiger partial charge in [-0.1, -0.05) is 12.1 Å². The maximum absolute atomic E-state index is 12.8. The fourth-order valence-electron chi connectivity index (χ4n) is 2.70. The maximum atomic E-state index is 12.8. The fraction of sp³-hybridized carbons (Fsp3) is 0.562. The number of rotatable bonds is 6. The first-order valence-electron chi connectivity index (χ1n) is 7.46. The molecule has 108 valence electrons. The molecule has 1 aliphatic carbocycles. The number of nitrogens with zero attached hydrogens (tertiary/aromatic N) is 1. The van der Waals surface area contributed by atoms with Crippen molar-refractivity contribution in [3.8, 4) is 0 Å². The third kappa shape index (κ3) is 3.57. The molecule has 1 saturated heterocycles. The molecule has 4 heteroatoms. The van der Waals surface area contributed by atoms with Gasteiger partial charge < -0.3 is 10.2 Å². The molecule has 20 heavy (non-hydrogen) atoms. The molecule has 2 fully saturated rings. The first kappa shape index (κ1) is 13.6. The van der Waals surface area contributed by atoms with Gasteiger partial charge in [-0.15, -0.1) is 0 Å². The number of benzene rings is 1. The quantitative estimate of drug-likeness (QED) is 0.861. The summed E-state index contributed by atoms with van der Waals surface area (Å²) < 4.78 is 12.8. The fourth-order valence-corrected chi connectivity index (χ4v) is 2.70. The molecule has 1 heterocycles. The summed E-state index contributed by atoms with van der Waals surface area (Å²) in [5.41, 5.74) is 1.08. The van der Waals surface area contributed by atoms with E-state index in [0.29, 0.717) is 12.5 Å². The highest BCUT2D eigenvalue weighted by molar-refractivity contribution is 5.79. The molecule has 1 N–H and O–H groups in total. The summed E-state index contributed by atoms with van der Waals surface area (Å²) in [5.74, 6) is 0.870. The summed E-state index contributed by atoms with van der Waals surface area (Å²) in [4.78, 5) is 13.9. The van der Waals surface area contributed by atoms with E-state index in [9.17, 15) is 9.18 Å². The molecule has 1 amide bonds. The maximum Gasteiger partial charge on any atom is 0.224 e. The largest absolute Gasteiger partial charge is 0.341 e. The van der Waals surface area contributed by atoms with Gasteiger partial charge in [-0.05, 0) is 49.4 Å². The van der Waals surface area contributed by atoms with Crippen LogP contribution in [0.3, 0.4) is 0 Å². The predicted molar refractivity (Wildman–Crippen MR) is 75.8 cm³/mol. The van der Waals surface area contributed by atoms with Gasteiger partial charge in [0.2, 0.25) is 5.91 Å². The number of halogens is 1. The SMILES string of the molecule is O=C1CC(NCC2CC2)CN1CCc1ccc(F)cc1. The second-order valence-electron chi connectivity index (χ2n) is 5.97. The van der Waals surface area contributed by atoms with Crippen LogP contribution in [0.15, 0.2) is 24.3 Å². The molecule has 1 atom stereocenters. The van der Waals surface area contributed by atoms with Gasteiger partial charge in [0.25, 0.3) is 0 Å². The molecule has 0 bridgehead atoms. The molecule has 2 aliphatic rings. The normalized spacial score (nSPS) is 22.6. The summed E-state index contributed by atoms with van der Waals surface area (Å²) in [7, 11) is 0. The lowest BCUT2D eigenvalue weighted by atomic mass is 10.1.